The fraction of sp³-hybridized carbons (Fsp3) is 0.410. The predicted octanol–water partition coefficient (Wildman–Crippen LogP) is 11.5. The lowest BCUT2D eigenvalue weighted by Gasteiger charge is -2.32. The smallest absolute Gasteiger partial charge is 0.315 e. The summed E-state index contributed by atoms with van der Waals surface area (Å²) in [7, 11) is 0. The van der Waals surface area contributed by atoms with Gasteiger partial charge in [-0.2, -0.15) is 0 Å². The van der Waals surface area contributed by atoms with Crippen LogP contribution in [0.5, 0.6) is 5.75 Å². The lowest BCUT2D eigenvalue weighted by Crippen LogP contribution is -2.19. The summed E-state index contributed by atoms with van der Waals surface area (Å²) < 4.78 is 5.54. The molecule has 0 radical (unpaired) electrons. The van der Waals surface area contributed by atoms with Crippen molar-refractivity contribution in [2.24, 2.45) is 10.8 Å². The molecule has 0 saturated carbocycles. The zero-order valence-electron chi connectivity index (χ0n) is 26.8. The first-order chi connectivity index (χ1) is 19.3. The highest BCUT2D eigenvalue weighted by Gasteiger charge is 2.26. The molecule has 0 bridgehead atoms. The zero-order valence-corrected chi connectivity index (χ0v) is 26.8. The lowest BCUT2D eigenvalue weighted by atomic mass is 9.72. The molecule has 0 amide bonds. The van der Waals surface area contributed by atoms with Gasteiger partial charge >= 0.3 is 5.97 Å². The number of carbonyl (C=O) groups excluding carboxylic acids is 1. The number of rotatable bonds is 13. The maximum absolute atomic E-state index is 12.4. The fourth-order valence-electron chi connectivity index (χ4n) is 4.98. The van der Waals surface area contributed by atoms with Crippen molar-refractivity contribution in [1.82, 2.24) is 0 Å². The molecule has 0 spiro atoms. The monoisotopic (exact) mass is 552 g/mol. The highest BCUT2D eigenvalue weighted by molar-refractivity contribution is 5.74. The van der Waals surface area contributed by atoms with Gasteiger partial charge < -0.3 is 4.74 Å². The third-order valence-corrected chi connectivity index (χ3v) is 7.83. The second-order valence-corrected chi connectivity index (χ2v) is 12.6. The standard InChI is InChI=1S/C39H52O2/c1-10-39(9,28-12-14-30(2)3)29-26-34-20-22-35(23-21-34)41-37(40)25-19-32(5)16-11-15-31(4)18-24-36-33(6)17-13-27-38(36,7)8/h10-11,14-16,18-24,26,29H,1,12-13,17,25,27-28H2,2-9H3/b16-11+,24-18+,29-26+,31-15+,32-19+. The average Bonchev–Trinajstić information content (AvgIpc) is 2.90. The molecule has 220 valence electrons. The van der Waals surface area contributed by atoms with Crippen LogP contribution in [0.2, 0.25) is 0 Å². The SMILES string of the molecule is C=CC(C)(/C=C/c1ccc(OC(=O)C/C=C(C)/C=C/C=C(C)/C=C/C2=C(C)CCCC2(C)C)cc1)CCC=C(C)C. The predicted molar refractivity (Wildman–Crippen MR) is 179 cm³/mol. The molecule has 1 atom stereocenters. The summed E-state index contributed by atoms with van der Waals surface area (Å²) >= 11 is 0. The summed E-state index contributed by atoms with van der Waals surface area (Å²) in [5.74, 6) is 0.286. The summed E-state index contributed by atoms with van der Waals surface area (Å²) in [6.45, 7) is 21.5. The Morgan fingerprint density at radius 2 is 1.73 bits per heavy atom. The van der Waals surface area contributed by atoms with Crippen molar-refractivity contribution >= 4 is 12.0 Å². The minimum absolute atomic E-state index is 0.0655. The second-order valence-electron chi connectivity index (χ2n) is 12.6. The Morgan fingerprint density at radius 1 is 1.02 bits per heavy atom. The van der Waals surface area contributed by atoms with Crippen LogP contribution in [0.4, 0.5) is 0 Å². The van der Waals surface area contributed by atoms with Gasteiger partial charge in [0.15, 0.2) is 0 Å². The van der Waals surface area contributed by atoms with Gasteiger partial charge in [0, 0.05) is 5.41 Å². The van der Waals surface area contributed by atoms with Gasteiger partial charge in [-0.25, -0.2) is 0 Å². The van der Waals surface area contributed by atoms with Crippen LogP contribution in [0.3, 0.4) is 0 Å². The molecule has 0 aromatic heterocycles. The van der Waals surface area contributed by atoms with Crippen LogP contribution < -0.4 is 4.74 Å². The first kappa shape index (κ1) is 33.8. The van der Waals surface area contributed by atoms with Crippen molar-refractivity contribution in [2.75, 3.05) is 0 Å². The van der Waals surface area contributed by atoms with Crippen LogP contribution in [0.15, 0.2) is 113 Å². The number of carbonyl (C=O) groups is 1. The summed E-state index contributed by atoms with van der Waals surface area (Å²) in [6.07, 6.45) is 27.1. The van der Waals surface area contributed by atoms with Crippen LogP contribution in [-0.4, -0.2) is 5.97 Å². The maximum Gasteiger partial charge on any atom is 0.315 e. The zero-order chi connectivity index (χ0) is 30.5. The lowest BCUT2D eigenvalue weighted by molar-refractivity contribution is -0.133. The highest BCUT2D eigenvalue weighted by Crippen LogP contribution is 2.40. The molecular formula is C39H52O2. The van der Waals surface area contributed by atoms with Gasteiger partial charge in [-0.3, -0.25) is 4.79 Å². The van der Waals surface area contributed by atoms with Crippen LogP contribution >= 0.6 is 0 Å². The molecule has 0 aliphatic heterocycles. The van der Waals surface area contributed by atoms with E-state index in [4.69, 9.17) is 4.74 Å². The van der Waals surface area contributed by atoms with E-state index in [1.54, 1.807) is 0 Å². The number of ether oxygens (including phenoxy) is 1. The van der Waals surface area contributed by atoms with Crippen molar-refractivity contribution in [3.63, 3.8) is 0 Å². The molecule has 1 unspecified atom stereocenters. The Labute approximate surface area is 250 Å². The fourth-order valence-corrected chi connectivity index (χ4v) is 4.98. The highest BCUT2D eigenvalue weighted by atomic mass is 16.5. The molecule has 0 N–H and O–H groups in total. The van der Waals surface area contributed by atoms with Gasteiger partial charge in [-0.05, 0) is 95.4 Å². The normalized spacial score (nSPS) is 17.8. The molecule has 1 aliphatic carbocycles. The molecule has 2 rings (SSSR count). The first-order valence-corrected chi connectivity index (χ1v) is 15.0. The van der Waals surface area contributed by atoms with E-state index in [-0.39, 0.29) is 23.2 Å². The van der Waals surface area contributed by atoms with E-state index in [9.17, 15) is 4.79 Å². The van der Waals surface area contributed by atoms with Crippen LogP contribution in [0.25, 0.3) is 6.08 Å². The summed E-state index contributed by atoms with van der Waals surface area (Å²) in [5, 5.41) is 0. The quantitative estimate of drug-likeness (QED) is 0.105. The van der Waals surface area contributed by atoms with Crippen molar-refractivity contribution < 1.29 is 9.53 Å². The topological polar surface area (TPSA) is 26.3 Å². The van der Waals surface area contributed by atoms with Gasteiger partial charge in [0.2, 0.25) is 0 Å². The van der Waals surface area contributed by atoms with E-state index in [0.29, 0.717) is 5.75 Å². The van der Waals surface area contributed by atoms with Crippen LogP contribution in [-0.2, 0) is 4.79 Å². The van der Waals surface area contributed by atoms with Crippen molar-refractivity contribution in [3.05, 3.63) is 119 Å². The van der Waals surface area contributed by atoms with Gasteiger partial charge in [0.05, 0.1) is 6.42 Å². The number of benzene rings is 1. The molecule has 0 fully saturated rings. The van der Waals surface area contributed by atoms with Gasteiger partial charge in [0.1, 0.15) is 5.75 Å². The third kappa shape index (κ3) is 12.3. The number of hydrogen-bond donors (Lipinski definition) is 0. The molecule has 0 saturated heterocycles. The van der Waals surface area contributed by atoms with Crippen LogP contribution in [0, 0.1) is 10.8 Å². The summed E-state index contributed by atoms with van der Waals surface area (Å²) in [5.41, 5.74) is 7.80. The average molecular weight is 553 g/mol. The van der Waals surface area contributed by atoms with E-state index in [0.717, 1.165) is 24.0 Å². The molecule has 1 aromatic carbocycles. The van der Waals surface area contributed by atoms with Crippen molar-refractivity contribution in [2.45, 2.75) is 93.9 Å². The van der Waals surface area contributed by atoms with Gasteiger partial charge in [-0.15, -0.1) is 6.58 Å². The Kier molecular flexibility index (Phi) is 13.3. The van der Waals surface area contributed by atoms with Gasteiger partial charge in [-0.1, -0.05) is 116 Å². The third-order valence-electron chi connectivity index (χ3n) is 7.83. The van der Waals surface area contributed by atoms with Crippen LogP contribution in [0.1, 0.15) is 99.5 Å². The Balaban J connectivity index is 1.87. The molecule has 41 heavy (non-hydrogen) atoms. The molecule has 1 aromatic rings. The number of hydrogen-bond acceptors (Lipinski definition) is 2. The Hall–Kier alpha value is -3.39. The number of allylic oxidation sites excluding steroid dienone is 13. The Bertz CT molecular complexity index is 1250. The Morgan fingerprint density at radius 3 is 2.37 bits per heavy atom. The summed E-state index contributed by atoms with van der Waals surface area (Å²) in [6, 6.07) is 7.63. The van der Waals surface area contributed by atoms with Crippen molar-refractivity contribution in [3.8, 4) is 5.75 Å². The summed E-state index contributed by atoms with van der Waals surface area (Å²) in [4.78, 5) is 12.4. The molecule has 2 nitrogen and oxygen atoms in total. The molecule has 2 heteroatoms. The number of esters is 1. The minimum atomic E-state index is -0.270. The van der Waals surface area contributed by atoms with E-state index in [1.807, 2.05) is 55.5 Å². The first-order valence-electron chi connectivity index (χ1n) is 15.0. The maximum atomic E-state index is 12.4. The van der Waals surface area contributed by atoms with E-state index >= 15 is 0 Å². The minimum Gasteiger partial charge on any atom is -0.426 e. The molecular weight excluding hydrogens is 500 g/mol. The van der Waals surface area contributed by atoms with E-state index in [1.165, 1.54) is 41.6 Å². The molecule has 0 heterocycles. The van der Waals surface area contributed by atoms with E-state index in [2.05, 4.69) is 91.5 Å². The molecule has 1 aliphatic rings. The van der Waals surface area contributed by atoms with Gasteiger partial charge in [0.25, 0.3) is 0 Å². The largest absolute Gasteiger partial charge is 0.426 e. The van der Waals surface area contributed by atoms with Crippen molar-refractivity contribution in [1.29, 1.82) is 0 Å². The van der Waals surface area contributed by atoms with E-state index < -0.39 is 0 Å². The second kappa shape index (κ2) is 16.2.